The highest BCUT2D eigenvalue weighted by Gasteiger charge is 2.30. The zero-order chi connectivity index (χ0) is 18.0. The SMILES string of the molecule is Cc1nc(Cc2nnc(SC(C)c3ccc(C(F)(F)F)cc3)o2)cs1. The summed E-state index contributed by atoms with van der Waals surface area (Å²) in [4.78, 5) is 4.34. The van der Waals surface area contributed by atoms with Crippen LogP contribution in [0.25, 0.3) is 0 Å². The van der Waals surface area contributed by atoms with E-state index >= 15 is 0 Å². The maximum Gasteiger partial charge on any atom is 0.416 e. The number of alkyl halides is 3. The Kier molecular flexibility index (Phi) is 5.14. The number of hydrogen-bond acceptors (Lipinski definition) is 6. The Balaban J connectivity index is 1.64. The Morgan fingerprint density at radius 3 is 2.52 bits per heavy atom. The van der Waals surface area contributed by atoms with Crippen molar-refractivity contribution in [1.82, 2.24) is 15.2 Å². The Morgan fingerprint density at radius 2 is 1.92 bits per heavy atom. The van der Waals surface area contributed by atoms with Crippen LogP contribution in [0.1, 0.15) is 39.9 Å². The summed E-state index contributed by atoms with van der Waals surface area (Å²) in [5, 5.41) is 11.2. The quantitative estimate of drug-likeness (QED) is 0.558. The summed E-state index contributed by atoms with van der Waals surface area (Å²) < 4.78 is 43.4. The average Bonchev–Trinajstić information content (AvgIpc) is 3.16. The highest BCUT2D eigenvalue weighted by atomic mass is 32.2. The average molecular weight is 385 g/mol. The predicted molar refractivity (Wildman–Crippen MR) is 89.7 cm³/mol. The minimum atomic E-state index is -4.33. The van der Waals surface area contributed by atoms with Crippen LogP contribution in [-0.4, -0.2) is 15.2 Å². The zero-order valence-electron chi connectivity index (χ0n) is 13.4. The molecule has 0 fully saturated rings. The van der Waals surface area contributed by atoms with Gasteiger partial charge in [-0.15, -0.1) is 21.5 Å². The van der Waals surface area contributed by atoms with Crippen molar-refractivity contribution < 1.29 is 17.6 Å². The van der Waals surface area contributed by atoms with E-state index in [9.17, 15) is 13.2 Å². The minimum Gasteiger partial charge on any atom is -0.416 e. The van der Waals surface area contributed by atoms with Crippen molar-refractivity contribution in [3.63, 3.8) is 0 Å². The van der Waals surface area contributed by atoms with Gasteiger partial charge in [-0.3, -0.25) is 0 Å². The minimum absolute atomic E-state index is 0.114. The summed E-state index contributed by atoms with van der Waals surface area (Å²) in [7, 11) is 0. The standard InChI is InChI=1S/C16H14F3N3OS2/c1-9(11-3-5-12(6-4-11)16(17,18)19)25-15-22-21-14(23-15)7-13-8-24-10(2)20-13/h3-6,8-9H,7H2,1-2H3. The second kappa shape index (κ2) is 7.17. The number of benzene rings is 1. The number of rotatable bonds is 5. The first-order valence-electron chi connectivity index (χ1n) is 7.38. The van der Waals surface area contributed by atoms with Gasteiger partial charge >= 0.3 is 6.18 Å². The summed E-state index contributed by atoms with van der Waals surface area (Å²) in [6.45, 7) is 3.80. The molecule has 25 heavy (non-hydrogen) atoms. The van der Waals surface area contributed by atoms with Crippen LogP contribution in [-0.2, 0) is 12.6 Å². The third-order valence-electron chi connectivity index (χ3n) is 3.43. The predicted octanol–water partition coefficient (Wildman–Crippen LogP) is 5.30. The molecule has 3 rings (SSSR count). The summed E-state index contributed by atoms with van der Waals surface area (Å²) in [6.07, 6.45) is -3.86. The monoisotopic (exact) mass is 385 g/mol. The summed E-state index contributed by atoms with van der Waals surface area (Å²) in [5.41, 5.74) is 0.971. The van der Waals surface area contributed by atoms with Crippen molar-refractivity contribution in [2.45, 2.75) is 36.9 Å². The first-order chi connectivity index (χ1) is 11.8. The Labute approximate surface area is 150 Å². The fourth-order valence-corrected chi connectivity index (χ4v) is 3.60. The molecule has 2 aromatic heterocycles. The lowest BCUT2D eigenvalue weighted by Crippen LogP contribution is -2.04. The molecule has 0 aliphatic carbocycles. The number of thiazole rings is 1. The van der Waals surface area contributed by atoms with Crippen molar-refractivity contribution in [2.75, 3.05) is 0 Å². The molecule has 0 saturated carbocycles. The number of aryl methyl sites for hydroxylation is 1. The molecule has 0 N–H and O–H groups in total. The van der Waals surface area contributed by atoms with Gasteiger partial charge in [-0.25, -0.2) is 4.98 Å². The molecule has 9 heteroatoms. The molecule has 3 aromatic rings. The van der Waals surface area contributed by atoms with Crippen LogP contribution in [0.3, 0.4) is 0 Å². The number of thioether (sulfide) groups is 1. The molecule has 0 aliphatic rings. The van der Waals surface area contributed by atoms with Gasteiger partial charge in [0.1, 0.15) is 0 Å². The van der Waals surface area contributed by atoms with Gasteiger partial charge in [-0.05, 0) is 31.5 Å². The van der Waals surface area contributed by atoms with Crippen LogP contribution < -0.4 is 0 Å². The van der Waals surface area contributed by atoms with Crippen LogP contribution in [0.2, 0.25) is 0 Å². The largest absolute Gasteiger partial charge is 0.416 e. The molecule has 1 unspecified atom stereocenters. The number of halogens is 3. The molecule has 0 saturated heterocycles. The highest BCUT2D eigenvalue weighted by Crippen LogP contribution is 2.36. The summed E-state index contributed by atoms with van der Waals surface area (Å²) in [5.74, 6) is 0.465. The molecule has 4 nitrogen and oxygen atoms in total. The molecule has 0 amide bonds. The number of aromatic nitrogens is 3. The fourth-order valence-electron chi connectivity index (χ4n) is 2.16. The van der Waals surface area contributed by atoms with Crippen LogP contribution in [0, 0.1) is 6.92 Å². The molecule has 0 aliphatic heterocycles. The number of hydrogen-bond donors (Lipinski definition) is 0. The highest BCUT2D eigenvalue weighted by molar-refractivity contribution is 7.99. The van der Waals surface area contributed by atoms with Gasteiger partial charge < -0.3 is 4.42 Å². The lowest BCUT2D eigenvalue weighted by Gasteiger charge is -2.11. The Morgan fingerprint density at radius 1 is 1.20 bits per heavy atom. The lowest BCUT2D eigenvalue weighted by molar-refractivity contribution is -0.137. The smallest absolute Gasteiger partial charge is 0.416 e. The topological polar surface area (TPSA) is 51.8 Å². The van der Waals surface area contributed by atoms with E-state index < -0.39 is 11.7 Å². The van der Waals surface area contributed by atoms with E-state index in [4.69, 9.17) is 4.42 Å². The van der Waals surface area contributed by atoms with Gasteiger partial charge in [0.25, 0.3) is 5.22 Å². The number of nitrogens with zero attached hydrogens (tertiary/aromatic N) is 3. The first kappa shape index (κ1) is 17.9. The lowest BCUT2D eigenvalue weighted by atomic mass is 10.1. The zero-order valence-corrected chi connectivity index (χ0v) is 15.0. The van der Waals surface area contributed by atoms with Crippen LogP contribution in [0.5, 0.6) is 0 Å². The summed E-state index contributed by atoms with van der Waals surface area (Å²) >= 11 is 2.86. The first-order valence-corrected chi connectivity index (χ1v) is 9.14. The van der Waals surface area contributed by atoms with Gasteiger partial charge in [0, 0.05) is 10.6 Å². The van der Waals surface area contributed by atoms with Crippen molar-refractivity contribution in [1.29, 1.82) is 0 Å². The van der Waals surface area contributed by atoms with Crippen molar-refractivity contribution in [3.05, 3.63) is 57.4 Å². The molecule has 0 bridgehead atoms. The van der Waals surface area contributed by atoms with Crippen molar-refractivity contribution >= 4 is 23.1 Å². The van der Waals surface area contributed by atoms with Crippen LogP contribution in [0.4, 0.5) is 13.2 Å². The maximum atomic E-state index is 12.6. The van der Waals surface area contributed by atoms with Crippen LogP contribution >= 0.6 is 23.1 Å². The van der Waals surface area contributed by atoms with E-state index in [-0.39, 0.29) is 5.25 Å². The molecular formula is C16H14F3N3OS2. The fraction of sp³-hybridized carbons (Fsp3) is 0.312. The van der Waals surface area contributed by atoms with E-state index in [1.807, 2.05) is 19.2 Å². The van der Waals surface area contributed by atoms with E-state index in [2.05, 4.69) is 15.2 Å². The maximum absolute atomic E-state index is 12.6. The molecule has 132 valence electrons. The Bertz CT molecular complexity index is 843. The van der Waals surface area contributed by atoms with Crippen LogP contribution in [0.15, 0.2) is 39.3 Å². The van der Waals surface area contributed by atoms with E-state index in [0.29, 0.717) is 17.5 Å². The molecule has 1 aromatic carbocycles. The third-order valence-corrected chi connectivity index (χ3v) is 5.25. The van der Waals surface area contributed by atoms with Crippen molar-refractivity contribution in [3.8, 4) is 0 Å². The molecule has 1 atom stereocenters. The molecular weight excluding hydrogens is 371 g/mol. The van der Waals surface area contributed by atoms with Gasteiger partial charge in [-0.2, -0.15) is 13.2 Å². The molecule has 0 radical (unpaired) electrons. The van der Waals surface area contributed by atoms with E-state index in [0.717, 1.165) is 28.4 Å². The van der Waals surface area contributed by atoms with Crippen molar-refractivity contribution in [2.24, 2.45) is 0 Å². The molecule has 2 heterocycles. The third kappa shape index (κ3) is 4.60. The summed E-state index contributed by atoms with van der Waals surface area (Å²) in [6, 6.07) is 5.10. The van der Waals surface area contributed by atoms with Gasteiger partial charge in [0.15, 0.2) is 0 Å². The van der Waals surface area contributed by atoms with Gasteiger partial charge in [0.2, 0.25) is 5.89 Å². The second-order valence-electron chi connectivity index (χ2n) is 5.38. The van der Waals surface area contributed by atoms with E-state index in [1.54, 1.807) is 11.3 Å². The van der Waals surface area contributed by atoms with Gasteiger partial charge in [-0.1, -0.05) is 23.9 Å². The normalized spacial score (nSPS) is 13.2. The molecule has 0 spiro atoms. The van der Waals surface area contributed by atoms with E-state index in [1.165, 1.54) is 23.9 Å². The Hall–Kier alpha value is -1.87. The second-order valence-corrected chi connectivity index (χ2v) is 7.73. The van der Waals surface area contributed by atoms with Gasteiger partial charge in [0.05, 0.1) is 22.7 Å².